The Hall–Kier alpha value is -1.55. The zero-order valence-electron chi connectivity index (χ0n) is 15.2. The van der Waals surface area contributed by atoms with Gasteiger partial charge in [0.15, 0.2) is 14.6 Å². The number of nitrogens with one attached hydrogen (secondary N) is 2. The molecule has 0 atom stereocenters. The summed E-state index contributed by atoms with van der Waals surface area (Å²) in [7, 11) is -3.55. The normalized spacial score (nSPS) is 16.4. The maximum absolute atomic E-state index is 12.8. The van der Waals surface area contributed by atoms with Crippen LogP contribution in [0.1, 0.15) is 29.0 Å². The summed E-state index contributed by atoms with van der Waals surface area (Å²) >= 11 is 1.27. The van der Waals surface area contributed by atoms with Gasteiger partial charge in [0.25, 0.3) is 0 Å². The van der Waals surface area contributed by atoms with Gasteiger partial charge in [-0.05, 0) is 38.4 Å². The van der Waals surface area contributed by atoms with Crippen LogP contribution in [0.2, 0.25) is 0 Å². The van der Waals surface area contributed by atoms with Gasteiger partial charge in [0.2, 0.25) is 11.0 Å². The standard InChI is InChI=1S/C17H22N4O3S2.ClH/c1-12-3-5-13(6-4-12)11-14-20-21-16(25-14)19-15(22)17(26(2,23)24)7-9-18-10-8-17;/h3-6,18H,7-11H2,1-2H3,(H,19,21,22);1H. The van der Waals surface area contributed by atoms with E-state index < -0.39 is 20.5 Å². The van der Waals surface area contributed by atoms with E-state index in [4.69, 9.17) is 0 Å². The molecule has 7 nitrogen and oxygen atoms in total. The highest BCUT2D eigenvalue weighted by molar-refractivity contribution is 7.92. The number of carbonyl (C=O) groups is 1. The molecule has 0 aliphatic carbocycles. The summed E-state index contributed by atoms with van der Waals surface area (Å²) < 4.78 is 23.2. The largest absolute Gasteiger partial charge is 0.317 e. The molecule has 148 valence electrons. The van der Waals surface area contributed by atoms with Crippen LogP contribution in [0.4, 0.5) is 5.13 Å². The van der Waals surface area contributed by atoms with E-state index in [0.29, 0.717) is 24.6 Å². The van der Waals surface area contributed by atoms with Crippen LogP contribution in [0.15, 0.2) is 24.3 Å². The first kappa shape index (κ1) is 21.7. The van der Waals surface area contributed by atoms with Gasteiger partial charge in [-0.3, -0.25) is 10.1 Å². The Bertz CT molecular complexity index is 891. The number of hydrogen-bond donors (Lipinski definition) is 2. The van der Waals surface area contributed by atoms with Gasteiger partial charge in [-0.25, -0.2) is 8.42 Å². The molecule has 1 aromatic heterocycles. The highest BCUT2D eigenvalue weighted by atomic mass is 35.5. The van der Waals surface area contributed by atoms with Crippen molar-refractivity contribution in [1.82, 2.24) is 15.5 Å². The lowest BCUT2D eigenvalue weighted by atomic mass is 9.96. The number of carbonyl (C=O) groups excluding carboxylic acids is 1. The average molecular weight is 431 g/mol. The predicted molar refractivity (Wildman–Crippen MR) is 109 cm³/mol. The molecule has 1 aliphatic heterocycles. The lowest BCUT2D eigenvalue weighted by molar-refractivity contribution is -0.119. The SMILES string of the molecule is Cc1ccc(Cc2nnc(NC(=O)C3(S(C)(=O)=O)CCNCC3)s2)cc1.Cl. The molecule has 2 aromatic rings. The summed E-state index contributed by atoms with van der Waals surface area (Å²) in [6.45, 7) is 3.02. The number of rotatable bonds is 5. The van der Waals surface area contributed by atoms with Crippen molar-refractivity contribution in [3.63, 3.8) is 0 Å². The van der Waals surface area contributed by atoms with Gasteiger partial charge >= 0.3 is 0 Å². The zero-order chi connectivity index (χ0) is 18.8. The first-order valence-electron chi connectivity index (χ1n) is 8.40. The van der Waals surface area contributed by atoms with Crippen LogP contribution in [0, 0.1) is 6.92 Å². The fraction of sp³-hybridized carbons (Fsp3) is 0.471. The number of anilines is 1. The Morgan fingerprint density at radius 3 is 2.44 bits per heavy atom. The van der Waals surface area contributed by atoms with Crippen LogP contribution in [0.3, 0.4) is 0 Å². The number of aryl methyl sites for hydroxylation is 1. The van der Waals surface area contributed by atoms with Crippen molar-refractivity contribution in [1.29, 1.82) is 0 Å². The summed E-state index contributed by atoms with van der Waals surface area (Å²) in [6, 6.07) is 8.13. The molecule has 27 heavy (non-hydrogen) atoms. The third-order valence-corrected chi connectivity index (χ3v) is 7.55. The van der Waals surface area contributed by atoms with Crippen molar-refractivity contribution in [3.8, 4) is 0 Å². The van der Waals surface area contributed by atoms with Crippen LogP contribution in [-0.4, -0.2) is 48.6 Å². The zero-order valence-corrected chi connectivity index (χ0v) is 17.6. The molecule has 0 saturated carbocycles. The highest BCUT2D eigenvalue weighted by Crippen LogP contribution is 2.30. The Morgan fingerprint density at radius 1 is 1.22 bits per heavy atom. The molecule has 1 amide bonds. The summed E-state index contributed by atoms with van der Waals surface area (Å²) in [5.41, 5.74) is 2.29. The molecule has 0 spiro atoms. The first-order valence-corrected chi connectivity index (χ1v) is 11.1. The smallest absolute Gasteiger partial charge is 0.247 e. The van der Waals surface area contributed by atoms with Crippen molar-refractivity contribution in [2.24, 2.45) is 0 Å². The van der Waals surface area contributed by atoms with Gasteiger partial charge in [-0.15, -0.1) is 22.6 Å². The second-order valence-corrected chi connectivity index (χ2v) is 10.0. The topological polar surface area (TPSA) is 101 Å². The summed E-state index contributed by atoms with van der Waals surface area (Å²) in [4.78, 5) is 12.8. The number of benzene rings is 1. The van der Waals surface area contributed by atoms with Gasteiger partial charge in [0.05, 0.1) is 0 Å². The molecule has 2 heterocycles. The maximum atomic E-state index is 12.8. The van der Waals surface area contributed by atoms with Crippen molar-refractivity contribution in [2.45, 2.75) is 30.9 Å². The van der Waals surface area contributed by atoms with Crippen LogP contribution >= 0.6 is 23.7 Å². The fourth-order valence-corrected chi connectivity index (χ4v) is 5.17. The minimum Gasteiger partial charge on any atom is -0.317 e. The minimum absolute atomic E-state index is 0. The predicted octanol–water partition coefficient (Wildman–Crippen LogP) is 1.96. The van der Waals surface area contributed by atoms with E-state index in [9.17, 15) is 13.2 Å². The Morgan fingerprint density at radius 2 is 1.85 bits per heavy atom. The molecular weight excluding hydrogens is 408 g/mol. The fourth-order valence-electron chi connectivity index (χ4n) is 3.06. The van der Waals surface area contributed by atoms with E-state index in [1.807, 2.05) is 31.2 Å². The summed E-state index contributed by atoms with van der Waals surface area (Å²) in [6.07, 6.45) is 2.26. The first-order chi connectivity index (χ1) is 12.3. The molecule has 0 unspecified atom stereocenters. The quantitative estimate of drug-likeness (QED) is 0.751. The molecule has 1 fully saturated rings. The molecule has 10 heteroatoms. The van der Waals surface area contributed by atoms with Crippen molar-refractivity contribution in [3.05, 3.63) is 40.4 Å². The third-order valence-electron chi connectivity index (χ3n) is 4.70. The summed E-state index contributed by atoms with van der Waals surface area (Å²) in [5.74, 6) is -0.514. The number of piperidine rings is 1. The van der Waals surface area contributed by atoms with Crippen molar-refractivity contribution < 1.29 is 13.2 Å². The van der Waals surface area contributed by atoms with Gasteiger partial charge < -0.3 is 5.32 Å². The Labute approximate surface area is 169 Å². The molecular formula is C17H23ClN4O3S2. The molecule has 3 rings (SSSR count). The van der Waals surface area contributed by atoms with E-state index >= 15 is 0 Å². The lowest BCUT2D eigenvalue weighted by Crippen LogP contribution is -2.55. The van der Waals surface area contributed by atoms with Crippen molar-refractivity contribution >= 4 is 44.6 Å². The third kappa shape index (κ3) is 4.84. The van der Waals surface area contributed by atoms with Gasteiger partial charge in [-0.2, -0.15) is 0 Å². The van der Waals surface area contributed by atoms with E-state index in [2.05, 4.69) is 20.8 Å². The molecule has 0 radical (unpaired) electrons. The number of sulfone groups is 1. The van der Waals surface area contributed by atoms with Crippen LogP contribution in [-0.2, 0) is 21.1 Å². The van der Waals surface area contributed by atoms with E-state index in [1.165, 1.54) is 16.9 Å². The molecule has 1 aliphatic rings. The monoisotopic (exact) mass is 430 g/mol. The number of amides is 1. The Balaban J connectivity index is 0.00000261. The number of nitrogens with zero attached hydrogens (tertiary/aromatic N) is 2. The number of aromatic nitrogens is 2. The van der Waals surface area contributed by atoms with Crippen LogP contribution < -0.4 is 10.6 Å². The Kier molecular flexibility index (Phi) is 6.96. The molecule has 0 bridgehead atoms. The summed E-state index contributed by atoms with van der Waals surface area (Å²) in [5, 5.41) is 15.0. The second-order valence-electron chi connectivity index (χ2n) is 6.63. The van der Waals surface area contributed by atoms with E-state index in [-0.39, 0.29) is 25.2 Å². The highest BCUT2D eigenvalue weighted by Gasteiger charge is 2.48. The molecule has 1 aromatic carbocycles. The van der Waals surface area contributed by atoms with Gasteiger partial charge in [0.1, 0.15) is 5.01 Å². The van der Waals surface area contributed by atoms with Gasteiger partial charge in [0, 0.05) is 12.7 Å². The number of halogens is 1. The van der Waals surface area contributed by atoms with Crippen LogP contribution in [0.25, 0.3) is 0 Å². The van der Waals surface area contributed by atoms with E-state index in [1.54, 1.807) is 0 Å². The van der Waals surface area contributed by atoms with Crippen molar-refractivity contribution in [2.75, 3.05) is 24.7 Å². The number of hydrogen-bond acceptors (Lipinski definition) is 7. The van der Waals surface area contributed by atoms with E-state index in [0.717, 1.165) is 16.8 Å². The average Bonchev–Trinajstić information content (AvgIpc) is 3.03. The lowest BCUT2D eigenvalue weighted by Gasteiger charge is -2.33. The maximum Gasteiger partial charge on any atom is 0.247 e. The second kappa shape index (κ2) is 8.64. The minimum atomic E-state index is -3.55. The van der Waals surface area contributed by atoms with Gasteiger partial charge in [-0.1, -0.05) is 41.2 Å². The van der Waals surface area contributed by atoms with Crippen LogP contribution in [0.5, 0.6) is 0 Å². The molecule has 1 saturated heterocycles. The molecule has 2 N–H and O–H groups in total.